The van der Waals surface area contributed by atoms with E-state index in [9.17, 15) is 9.59 Å². The first-order valence-corrected chi connectivity index (χ1v) is 9.73. The molecular weight excluding hydrogens is 390 g/mol. The minimum atomic E-state index is -0.571. The number of benzene rings is 1. The van der Waals surface area contributed by atoms with E-state index in [1.165, 1.54) is 17.4 Å². The number of hydrogen-bond donors (Lipinski definition) is 1. The molecule has 0 radical (unpaired) electrons. The smallest absolute Gasteiger partial charge is 0.261 e. The van der Waals surface area contributed by atoms with Gasteiger partial charge in [0.05, 0.1) is 19.2 Å². The zero-order valence-corrected chi connectivity index (χ0v) is 17.0. The van der Waals surface area contributed by atoms with Crippen molar-refractivity contribution in [3.05, 3.63) is 52.0 Å². The first kappa shape index (κ1) is 20.4. The van der Waals surface area contributed by atoms with Crippen LogP contribution in [0.25, 0.3) is 0 Å². The molecule has 2 heterocycles. The average Bonchev–Trinajstić information content (AvgIpc) is 3.38. The molecule has 1 fully saturated rings. The lowest BCUT2D eigenvalue weighted by molar-refractivity contribution is -0.125. The first-order valence-electron chi connectivity index (χ1n) is 8.92. The Morgan fingerprint density at radius 1 is 1.28 bits per heavy atom. The average molecular weight is 411 g/mol. The molecule has 2 aromatic rings. The summed E-state index contributed by atoms with van der Waals surface area (Å²) in [5.41, 5.74) is 6.53. The van der Waals surface area contributed by atoms with Crippen LogP contribution in [0.15, 0.2) is 30.9 Å². The molecule has 1 aliphatic heterocycles. The number of carbonyl (C=O) groups excluding carboxylic acids is 2. The molecule has 1 aromatic carbocycles. The number of likely N-dealkylation sites (tertiary alicyclic amines) is 1. The van der Waals surface area contributed by atoms with E-state index in [0.717, 1.165) is 11.4 Å². The maximum Gasteiger partial charge on any atom is 0.261 e. The summed E-state index contributed by atoms with van der Waals surface area (Å²) < 4.78 is 10.5. The van der Waals surface area contributed by atoms with E-state index in [1.807, 2.05) is 0 Å². The number of carbonyl (C=O) groups is 2. The Kier molecular flexibility index (Phi) is 6.20. The van der Waals surface area contributed by atoms with Crippen LogP contribution in [-0.4, -0.2) is 49.0 Å². The highest BCUT2D eigenvalue weighted by Gasteiger charge is 2.29. The van der Waals surface area contributed by atoms with Gasteiger partial charge in [-0.1, -0.05) is 12.5 Å². The van der Waals surface area contributed by atoms with E-state index in [4.69, 9.17) is 15.2 Å². The van der Waals surface area contributed by atoms with E-state index in [1.54, 1.807) is 37.3 Å². The van der Waals surface area contributed by atoms with Crippen molar-refractivity contribution in [1.82, 2.24) is 9.88 Å². The van der Waals surface area contributed by atoms with Gasteiger partial charge in [-0.05, 0) is 30.6 Å². The third kappa shape index (κ3) is 4.58. The largest absolute Gasteiger partial charge is 0.497 e. The van der Waals surface area contributed by atoms with Crippen LogP contribution in [0, 0.1) is 11.8 Å². The van der Waals surface area contributed by atoms with Gasteiger partial charge in [-0.2, -0.15) is 0 Å². The van der Waals surface area contributed by atoms with Crippen LogP contribution in [-0.2, 0) is 4.79 Å². The Morgan fingerprint density at radius 2 is 1.97 bits per heavy atom. The summed E-state index contributed by atoms with van der Waals surface area (Å²) in [5, 5.41) is 0.755. The topological polar surface area (TPSA) is 94.8 Å². The van der Waals surface area contributed by atoms with E-state index < -0.39 is 5.91 Å². The lowest BCUT2D eigenvalue weighted by Gasteiger charge is -2.12. The van der Waals surface area contributed by atoms with Crippen LogP contribution < -0.4 is 15.2 Å². The Morgan fingerprint density at radius 3 is 2.55 bits per heavy atom. The number of aromatic nitrogens is 1. The van der Waals surface area contributed by atoms with Crippen molar-refractivity contribution in [2.75, 3.05) is 27.3 Å². The summed E-state index contributed by atoms with van der Waals surface area (Å²) in [4.78, 5) is 30.3. The first-order chi connectivity index (χ1) is 13.9. The Hall–Kier alpha value is -3.31. The number of hydrogen-bond acceptors (Lipinski definition) is 6. The minimum Gasteiger partial charge on any atom is -0.497 e. The van der Waals surface area contributed by atoms with Gasteiger partial charge in [-0.15, -0.1) is 11.3 Å². The van der Waals surface area contributed by atoms with Crippen LogP contribution >= 0.6 is 11.3 Å². The molecule has 1 atom stereocenters. The molecule has 1 saturated heterocycles. The third-order valence-electron chi connectivity index (χ3n) is 4.57. The van der Waals surface area contributed by atoms with Gasteiger partial charge in [0.2, 0.25) is 5.91 Å². The highest BCUT2D eigenvalue weighted by molar-refractivity contribution is 7.14. The van der Waals surface area contributed by atoms with Crippen molar-refractivity contribution in [2.24, 2.45) is 5.73 Å². The predicted octanol–water partition coefficient (Wildman–Crippen LogP) is 2.16. The minimum absolute atomic E-state index is 0.0504. The summed E-state index contributed by atoms with van der Waals surface area (Å²) in [6, 6.07) is 5.28. The fraction of sp³-hybridized carbons (Fsp3) is 0.286. The van der Waals surface area contributed by atoms with E-state index in [0.29, 0.717) is 40.7 Å². The molecule has 0 aliphatic carbocycles. The number of nitrogens with two attached hydrogens (primary N) is 1. The zero-order chi connectivity index (χ0) is 21.0. The van der Waals surface area contributed by atoms with E-state index in [2.05, 4.69) is 23.4 Å². The second kappa shape index (κ2) is 8.80. The summed E-state index contributed by atoms with van der Waals surface area (Å²) >= 11 is 1.24. The number of primary amides is 1. The molecule has 1 unspecified atom stereocenters. The Labute approximate surface area is 173 Å². The number of ether oxygens (including phenoxy) is 2. The second-order valence-corrected chi connectivity index (χ2v) is 7.45. The summed E-state index contributed by atoms with van der Waals surface area (Å²) in [6.07, 6.45) is 2.07. The number of amides is 2. The molecule has 0 bridgehead atoms. The maximum atomic E-state index is 11.9. The van der Waals surface area contributed by atoms with Crippen LogP contribution in [0.1, 0.15) is 38.3 Å². The second-order valence-electron chi connectivity index (χ2n) is 6.42. The number of rotatable bonds is 5. The van der Waals surface area contributed by atoms with Gasteiger partial charge in [0.15, 0.2) is 0 Å². The van der Waals surface area contributed by atoms with Gasteiger partial charge in [0.1, 0.15) is 22.1 Å². The Bertz CT molecular complexity index is 996. The fourth-order valence-electron chi connectivity index (χ4n) is 3.07. The molecule has 2 amide bonds. The van der Waals surface area contributed by atoms with Gasteiger partial charge in [0, 0.05) is 30.6 Å². The van der Waals surface area contributed by atoms with Crippen LogP contribution in [0.3, 0.4) is 0 Å². The molecule has 29 heavy (non-hydrogen) atoms. The van der Waals surface area contributed by atoms with Crippen molar-refractivity contribution in [1.29, 1.82) is 0 Å². The molecule has 150 valence electrons. The highest BCUT2D eigenvalue weighted by Crippen LogP contribution is 2.32. The molecule has 1 aliphatic rings. The molecule has 7 nitrogen and oxygen atoms in total. The van der Waals surface area contributed by atoms with Gasteiger partial charge in [0.25, 0.3) is 5.91 Å². The number of thiazole rings is 1. The van der Waals surface area contributed by atoms with Crippen LogP contribution in [0.5, 0.6) is 11.5 Å². The van der Waals surface area contributed by atoms with E-state index in [-0.39, 0.29) is 11.8 Å². The molecular formula is C21H21N3O4S. The SMILES string of the molecule is C=CC(=O)N1CCC(c2nc(C#Cc3cc(OC)cc(OC)c3)c(C(N)=O)s2)C1. The quantitative estimate of drug-likeness (QED) is 0.601. The lowest BCUT2D eigenvalue weighted by Crippen LogP contribution is -2.26. The maximum absolute atomic E-state index is 11.9. The summed E-state index contributed by atoms with van der Waals surface area (Å²) in [7, 11) is 3.12. The predicted molar refractivity (Wildman–Crippen MR) is 110 cm³/mol. The Balaban J connectivity index is 1.90. The molecule has 3 rings (SSSR count). The third-order valence-corrected chi connectivity index (χ3v) is 5.80. The highest BCUT2D eigenvalue weighted by atomic mass is 32.1. The van der Waals surface area contributed by atoms with Crippen molar-refractivity contribution in [3.8, 4) is 23.3 Å². The molecule has 1 aromatic heterocycles. The van der Waals surface area contributed by atoms with Crippen molar-refractivity contribution >= 4 is 23.2 Å². The van der Waals surface area contributed by atoms with Crippen molar-refractivity contribution < 1.29 is 19.1 Å². The van der Waals surface area contributed by atoms with Gasteiger partial charge in [-0.25, -0.2) is 4.98 Å². The van der Waals surface area contributed by atoms with Gasteiger partial charge in [-0.3, -0.25) is 9.59 Å². The normalized spacial score (nSPS) is 15.4. The zero-order valence-electron chi connectivity index (χ0n) is 16.2. The summed E-state index contributed by atoms with van der Waals surface area (Å²) in [6.45, 7) is 4.69. The van der Waals surface area contributed by atoms with Crippen LogP contribution in [0.4, 0.5) is 0 Å². The van der Waals surface area contributed by atoms with Gasteiger partial charge < -0.3 is 20.1 Å². The van der Waals surface area contributed by atoms with Crippen LogP contribution in [0.2, 0.25) is 0 Å². The molecule has 8 heteroatoms. The summed E-state index contributed by atoms with van der Waals surface area (Å²) in [5.74, 6) is 6.53. The fourth-order valence-corrected chi connectivity index (χ4v) is 4.06. The standard InChI is InChI=1S/C21H21N3O4S/c1-4-18(25)24-8-7-14(12-24)21-23-17(19(29-21)20(22)26)6-5-13-9-15(27-2)11-16(10-13)28-3/h4,9-11,14H,1,7-8,12H2,2-3H3,(H2,22,26). The monoisotopic (exact) mass is 411 g/mol. The number of nitrogens with zero attached hydrogens (tertiary/aromatic N) is 2. The molecule has 0 saturated carbocycles. The van der Waals surface area contributed by atoms with Crippen molar-refractivity contribution in [2.45, 2.75) is 12.3 Å². The molecule has 0 spiro atoms. The van der Waals surface area contributed by atoms with E-state index >= 15 is 0 Å². The number of methoxy groups -OCH3 is 2. The van der Waals surface area contributed by atoms with Gasteiger partial charge >= 0.3 is 0 Å². The lowest BCUT2D eigenvalue weighted by atomic mass is 10.1. The molecule has 2 N–H and O–H groups in total. The van der Waals surface area contributed by atoms with Crippen molar-refractivity contribution in [3.63, 3.8) is 0 Å².